The first kappa shape index (κ1) is 17.5. The maximum atomic E-state index is 11.4. The zero-order chi connectivity index (χ0) is 16.9. The summed E-state index contributed by atoms with van der Waals surface area (Å²) in [4.78, 5) is 2.11. The van der Waals surface area contributed by atoms with Crippen LogP contribution in [-0.2, 0) is 12.0 Å². The van der Waals surface area contributed by atoms with Crippen LogP contribution in [0.3, 0.4) is 0 Å². The van der Waals surface area contributed by atoms with Crippen LogP contribution >= 0.6 is 0 Å². The molecule has 0 saturated carbocycles. The van der Waals surface area contributed by atoms with E-state index in [0.717, 1.165) is 18.5 Å². The van der Waals surface area contributed by atoms with Crippen LogP contribution in [0.4, 0.5) is 0 Å². The van der Waals surface area contributed by atoms with Crippen molar-refractivity contribution in [2.75, 3.05) is 20.6 Å². The normalized spacial score (nSPS) is 15.3. The lowest BCUT2D eigenvalue weighted by atomic mass is 9.76. The van der Waals surface area contributed by atoms with Gasteiger partial charge in [0.05, 0.1) is 5.60 Å². The van der Waals surface area contributed by atoms with Gasteiger partial charge in [-0.1, -0.05) is 49.4 Å². The Balaban J connectivity index is 2.37. The topological polar surface area (TPSA) is 43.7 Å². The monoisotopic (exact) mass is 313 g/mol. The quantitative estimate of drug-likeness (QED) is 0.823. The number of rotatable bonds is 7. The summed E-state index contributed by atoms with van der Waals surface area (Å²) in [5.74, 6) is 0.226. The van der Waals surface area contributed by atoms with Crippen LogP contribution in [0.1, 0.15) is 24.5 Å². The number of benzene rings is 2. The lowest BCUT2D eigenvalue weighted by molar-refractivity contribution is -0.0367. The van der Waals surface area contributed by atoms with E-state index in [-0.39, 0.29) is 11.7 Å². The van der Waals surface area contributed by atoms with E-state index in [2.05, 4.69) is 17.0 Å². The minimum Gasteiger partial charge on any atom is -0.508 e. The Morgan fingerprint density at radius 1 is 1.04 bits per heavy atom. The fourth-order valence-electron chi connectivity index (χ4n) is 3.23. The average molecular weight is 313 g/mol. The average Bonchev–Trinajstić information content (AvgIpc) is 2.54. The Bertz CT molecular complexity index is 612. The van der Waals surface area contributed by atoms with Gasteiger partial charge in [0.15, 0.2) is 0 Å². The van der Waals surface area contributed by atoms with Crippen molar-refractivity contribution in [2.45, 2.75) is 25.4 Å². The van der Waals surface area contributed by atoms with Crippen molar-refractivity contribution < 1.29 is 10.2 Å². The molecule has 3 nitrogen and oxygen atoms in total. The Kier molecular flexibility index (Phi) is 5.80. The Hall–Kier alpha value is -1.84. The van der Waals surface area contributed by atoms with E-state index in [1.165, 1.54) is 5.56 Å². The number of aromatic hydroxyl groups is 1. The first-order chi connectivity index (χ1) is 11.0. The van der Waals surface area contributed by atoms with Crippen molar-refractivity contribution in [3.05, 3.63) is 65.7 Å². The number of aliphatic hydroxyl groups is 1. The van der Waals surface area contributed by atoms with Crippen molar-refractivity contribution >= 4 is 0 Å². The summed E-state index contributed by atoms with van der Waals surface area (Å²) in [6.45, 7) is 2.77. The molecule has 2 atom stereocenters. The van der Waals surface area contributed by atoms with Crippen molar-refractivity contribution in [1.82, 2.24) is 4.90 Å². The second-order valence-corrected chi connectivity index (χ2v) is 6.48. The molecule has 0 heterocycles. The van der Waals surface area contributed by atoms with Crippen LogP contribution in [0.25, 0.3) is 0 Å². The predicted molar refractivity (Wildman–Crippen MR) is 94.5 cm³/mol. The van der Waals surface area contributed by atoms with E-state index in [9.17, 15) is 10.2 Å². The summed E-state index contributed by atoms with van der Waals surface area (Å²) in [5.41, 5.74) is 1.02. The van der Waals surface area contributed by atoms with Gasteiger partial charge in [0.2, 0.25) is 0 Å². The van der Waals surface area contributed by atoms with E-state index < -0.39 is 5.60 Å². The standard InChI is InChI=1S/C20H27NO2/c1-4-20(23,17-11-8-12-19(22)14-17)18(15-21(2)3)13-16-9-6-5-7-10-16/h5-12,14,18,22-23H,4,13,15H2,1-3H3. The fourth-order valence-corrected chi connectivity index (χ4v) is 3.23. The van der Waals surface area contributed by atoms with Gasteiger partial charge in [-0.3, -0.25) is 0 Å². The Morgan fingerprint density at radius 3 is 2.30 bits per heavy atom. The van der Waals surface area contributed by atoms with E-state index in [1.54, 1.807) is 18.2 Å². The van der Waals surface area contributed by atoms with Crippen LogP contribution in [0.5, 0.6) is 5.75 Å². The molecule has 2 unspecified atom stereocenters. The smallest absolute Gasteiger partial charge is 0.115 e. The maximum Gasteiger partial charge on any atom is 0.115 e. The molecule has 2 aromatic rings. The number of phenols is 1. The summed E-state index contributed by atoms with van der Waals surface area (Å²) in [6.07, 6.45) is 1.39. The fraction of sp³-hybridized carbons (Fsp3) is 0.400. The second kappa shape index (κ2) is 7.62. The minimum absolute atomic E-state index is 0.0340. The first-order valence-electron chi connectivity index (χ1n) is 8.16. The molecular formula is C20H27NO2. The number of nitrogens with zero attached hydrogens (tertiary/aromatic N) is 1. The van der Waals surface area contributed by atoms with Crippen molar-refractivity contribution in [2.24, 2.45) is 5.92 Å². The van der Waals surface area contributed by atoms with E-state index >= 15 is 0 Å². The first-order valence-corrected chi connectivity index (χ1v) is 8.16. The second-order valence-electron chi connectivity index (χ2n) is 6.48. The number of hydrogen-bond donors (Lipinski definition) is 2. The third-order valence-electron chi connectivity index (χ3n) is 4.47. The maximum absolute atomic E-state index is 11.4. The molecule has 3 heteroatoms. The lowest BCUT2D eigenvalue weighted by Gasteiger charge is -2.38. The van der Waals surface area contributed by atoms with Crippen molar-refractivity contribution in [3.8, 4) is 5.75 Å². The minimum atomic E-state index is -0.973. The third kappa shape index (κ3) is 4.34. The SMILES string of the molecule is CCC(O)(c1cccc(O)c1)C(Cc1ccccc1)CN(C)C. The molecule has 0 aliphatic rings. The van der Waals surface area contributed by atoms with Gasteiger partial charge in [-0.2, -0.15) is 0 Å². The van der Waals surface area contributed by atoms with Gasteiger partial charge in [-0.15, -0.1) is 0 Å². The molecule has 2 N–H and O–H groups in total. The predicted octanol–water partition coefficient (Wildman–Crippen LogP) is 3.41. The molecule has 2 rings (SSSR count). The molecule has 2 aromatic carbocycles. The van der Waals surface area contributed by atoms with E-state index in [4.69, 9.17) is 0 Å². The number of hydrogen-bond acceptors (Lipinski definition) is 3. The molecule has 0 aliphatic carbocycles. The Labute approximate surface area is 139 Å². The van der Waals surface area contributed by atoms with Crippen molar-refractivity contribution in [3.63, 3.8) is 0 Å². The lowest BCUT2D eigenvalue weighted by Crippen LogP contribution is -2.41. The summed E-state index contributed by atoms with van der Waals surface area (Å²) in [6, 6.07) is 17.3. The summed E-state index contributed by atoms with van der Waals surface area (Å²) in [7, 11) is 4.05. The zero-order valence-corrected chi connectivity index (χ0v) is 14.2. The molecule has 23 heavy (non-hydrogen) atoms. The summed E-state index contributed by atoms with van der Waals surface area (Å²) in [5, 5.41) is 21.3. The highest BCUT2D eigenvalue weighted by atomic mass is 16.3. The van der Waals surface area contributed by atoms with Crippen LogP contribution in [0, 0.1) is 5.92 Å². The molecule has 0 aliphatic heterocycles. The molecule has 0 radical (unpaired) electrons. The van der Waals surface area contributed by atoms with Gasteiger partial charge in [0, 0.05) is 12.5 Å². The summed E-state index contributed by atoms with van der Waals surface area (Å²) < 4.78 is 0. The van der Waals surface area contributed by atoms with Gasteiger partial charge in [-0.05, 0) is 50.2 Å². The highest BCUT2D eigenvalue weighted by Crippen LogP contribution is 2.37. The van der Waals surface area contributed by atoms with E-state index in [0.29, 0.717) is 6.42 Å². The van der Waals surface area contributed by atoms with E-state index in [1.807, 2.05) is 45.3 Å². The van der Waals surface area contributed by atoms with Gasteiger partial charge in [0.1, 0.15) is 5.75 Å². The van der Waals surface area contributed by atoms with Crippen molar-refractivity contribution in [1.29, 1.82) is 0 Å². The molecule has 0 fully saturated rings. The van der Waals surface area contributed by atoms with Crippen LogP contribution in [0.15, 0.2) is 54.6 Å². The van der Waals surface area contributed by atoms with Gasteiger partial charge in [0.25, 0.3) is 0 Å². The molecule has 124 valence electrons. The van der Waals surface area contributed by atoms with Crippen LogP contribution in [-0.4, -0.2) is 35.8 Å². The molecule has 0 bridgehead atoms. The Morgan fingerprint density at radius 2 is 1.74 bits per heavy atom. The zero-order valence-electron chi connectivity index (χ0n) is 14.2. The van der Waals surface area contributed by atoms with Gasteiger partial charge >= 0.3 is 0 Å². The van der Waals surface area contributed by atoms with Crippen LogP contribution in [0.2, 0.25) is 0 Å². The molecule has 0 spiro atoms. The molecular weight excluding hydrogens is 286 g/mol. The van der Waals surface area contributed by atoms with Gasteiger partial charge in [-0.25, -0.2) is 0 Å². The largest absolute Gasteiger partial charge is 0.508 e. The highest BCUT2D eigenvalue weighted by molar-refractivity contribution is 5.32. The molecule has 0 aromatic heterocycles. The van der Waals surface area contributed by atoms with Crippen LogP contribution < -0.4 is 0 Å². The number of phenolic OH excluding ortho intramolecular Hbond substituents is 1. The molecule has 0 saturated heterocycles. The third-order valence-corrected chi connectivity index (χ3v) is 4.47. The summed E-state index contributed by atoms with van der Waals surface area (Å²) >= 11 is 0. The van der Waals surface area contributed by atoms with Gasteiger partial charge < -0.3 is 15.1 Å². The highest BCUT2D eigenvalue weighted by Gasteiger charge is 2.37. The molecule has 0 amide bonds.